The van der Waals surface area contributed by atoms with Gasteiger partial charge in [-0.05, 0) is 42.2 Å². The molecular formula is C19H18ClN3OS2. The summed E-state index contributed by atoms with van der Waals surface area (Å²) in [5.41, 5.74) is 0.355. The SMILES string of the molecule is O=C(CCc1cccs1)c1nc(C2CC2)nc(NCc2cccs2)c1Cl. The number of nitrogens with zero attached hydrogens (tertiary/aromatic N) is 2. The molecule has 1 saturated carbocycles. The van der Waals surface area contributed by atoms with E-state index in [2.05, 4.69) is 21.4 Å². The number of nitrogens with one attached hydrogen (secondary N) is 1. The molecule has 0 saturated heterocycles. The summed E-state index contributed by atoms with van der Waals surface area (Å²) in [5.74, 6) is 1.64. The third kappa shape index (κ3) is 4.14. The number of halogens is 1. The topological polar surface area (TPSA) is 54.9 Å². The quantitative estimate of drug-likeness (QED) is 0.500. The van der Waals surface area contributed by atoms with Crippen LogP contribution in [0.4, 0.5) is 5.82 Å². The first-order valence-corrected chi connectivity index (χ1v) is 10.7. The molecule has 0 aliphatic heterocycles. The molecule has 4 nitrogen and oxygen atoms in total. The van der Waals surface area contributed by atoms with Crippen LogP contribution in [0.5, 0.6) is 0 Å². The number of hydrogen-bond acceptors (Lipinski definition) is 6. The average Bonchev–Trinajstić information content (AvgIpc) is 3.13. The molecule has 134 valence electrons. The summed E-state index contributed by atoms with van der Waals surface area (Å²) in [4.78, 5) is 24.2. The molecule has 0 radical (unpaired) electrons. The minimum atomic E-state index is -0.0214. The van der Waals surface area contributed by atoms with E-state index in [1.807, 2.05) is 29.0 Å². The van der Waals surface area contributed by atoms with E-state index in [-0.39, 0.29) is 5.78 Å². The summed E-state index contributed by atoms with van der Waals surface area (Å²) in [6.07, 6.45) is 3.28. The highest BCUT2D eigenvalue weighted by atomic mass is 35.5. The summed E-state index contributed by atoms with van der Waals surface area (Å²) in [6.45, 7) is 0.640. The zero-order valence-electron chi connectivity index (χ0n) is 14.1. The first kappa shape index (κ1) is 17.6. The van der Waals surface area contributed by atoms with Gasteiger partial charge in [0.05, 0.1) is 6.54 Å². The van der Waals surface area contributed by atoms with Gasteiger partial charge in [-0.15, -0.1) is 22.7 Å². The molecule has 0 aromatic carbocycles. The molecule has 3 aromatic heterocycles. The molecule has 3 aromatic rings. The number of ketones is 1. The number of anilines is 1. The monoisotopic (exact) mass is 403 g/mol. The third-order valence-electron chi connectivity index (χ3n) is 4.26. The van der Waals surface area contributed by atoms with Gasteiger partial charge in [0, 0.05) is 22.1 Å². The van der Waals surface area contributed by atoms with Crippen molar-refractivity contribution >= 4 is 45.9 Å². The van der Waals surface area contributed by atoms with E-state index in [4.69, 9.17) is 11.6 Å². The van der Waals surface area contributed by atoms with Crippen molar-refractivity contribution < 1.29 is 4.79 Å². The lowest BCUT2D eigenvalue weighted by atomic mass is 10.1. The highest BCUT2D eigenvalue weighted by molar-refractivity contribution is 7.10. The van der Waals surface area contributed by atoms with Crippen molar-refractivity contribution in [3.63, 3.8) is 0 Å². The maximum atomic E-state index is 12.7. The summed E-state index contributed by atoms with van der Waals surface area (Å²) in [5, 5.41) is 7.67. The second-order valence-corrected chi connectivity index (χ2v) is 8.75. The van der Waals surface area contributed by atoms with Crippen LogP contribution in [0.2, 0.25) is 5.02 Å². The summed E-state index contributed by atoms with van der Waals surface area (Å²) < 4.78 is 0. The fraction of sp³-hybridized carbons (Fsp3) is 0.316. The molecule has 1 aliphatic carbocycles. The van der Waals surface area contributed by atoms with Crippen molar-refractivity contribution in [2.45, 2.75) is 38.1 Å². The van der Waals surface area contributed by atoms with E-state index in [1.54, 1.807) is 22.7 Å². The van der Waals surface area contributed by atoms with E-state index in [9.17, 15) is 4.79 Å². The Kier molecular flexibility index (Phi) is 5.33. The maximum Gasteiger partial charge on any atom is 0.183 e. The number of aryl methyl sites for hydroxylation is 1. The van der Waals surface area contributed by atoms with Crippen LogP contribution in [0.1, 0.15) is 51.2 Å². The molecule has 0 spiro atoms. The van der Waals surface area contributed by atoms with Gasteiger partial charge in [0.1, 0.15) is 22.4 Å². The predicted molar refractivity (Wildman–Crippen MR) is 108 cm³/mol. The third-order valence-corrected chi connectivity index (χ3v) is 6.43. The predicted octanol–water partition coefficient (Wildman–Crippen LogP) is 5.56. The Hall–Kier alpha value is -1.76. The van der Waals surface area contributed by atoms with Crippen LogP contribution in [0.3, 0.4) is 0 Å². The standard InChI is InChI=1S/C19H18ClN3OS2/c20-16-17(15(24)8-7-13-3-1-9-25-13)22-18(12-5-6-12)23-19(16)21-11-14-4-2-10-26-14/h1-4,9-10,12H,5-8,11H2,(H,21,22,23). The molecule has 0 bridgehead atoms. The molecule has 1 aliphatic rings. The molecule has 0 atom stereocenters. The number of Topliss-reactive ketones (excluding diaryl/α,β-unsaturated/α-hetero) is 1. The number of aromatic nitrogens is 2. The van der Waals surface area contributed by atoms with Gasteiger partial charge in [-0.2, -0.15) is 0 Å². The van der Waals surface area contributed by atoms with Crippen molar-refractivity contribution in [2.75, 3.05) is 5.32 Å². The van der Waals surface area contributed by atoms with Gasteiger partial charge in [0.25, 0.3) is 0 Å². The zero-order valence-corrected chi connectivity index (χ0v) is 16.5. The van der Waals surface area contributed by atoms with Crippen molar-refractivity contribution in [3.05, 3.63) is 61.3 Å². The van der Waals surface area contributed by atoms with Crippen LogP contribution >= 0.6 is 34.3 Å². The first-order chi connectivity index (χ1) is 12.7. The van der Waals surface area contributed by atoms with Crippen molar-refractivity contribution in [1.29, 1.82) is 0 Å². The van der Waals surface area contributed by atoms with Gasteiger partial charge in [-0.3, -0.25) is 4.79 Å². The van der Waals surface area contributed by atoms with Crippen LogP contribution in [0.15, 0.2) is 35.0 Å². The molecule has 1 fully saturated rings. The second kappa shape index (κ2) is 7.86. The van der Waals surface area contributed by atoms with E-state index < -0.39 is 0 Å². The number of thiophene rings is 2. The summed E-state index contributed by atoms with van der Waals surface area (Å²) in [6, 6.07) is 8.11. The zero-order chi connectivity index (χ0) is 17.9. The lowest BCUT2D eigenvalue weighted by Crippen LogP contribution is -2.12. The molecule has 3 heterocycles. The summed E-state index contributed by atoms with van der Waals surface area (Å²) in [7, 11) is 0. The normalized spacial score (nSPS) is 13.7. The molecule has 26 heavy (non-hydrogen) atoms. The fourth-order valence-corrected chi connectivity index (χ4v) is 4.29. The van der Waals surface area contributed by atoms with Gasteiger partial charge in [0.2, 0.25) is 0 Å². The van der Waals surface area contributed by atoms with Crippen molar-refractivity contribution in [1.82, 2.24) is 9.97 Å². The molecule has 0 amide bonds. The van der Waals surface area contributed by atoms with Crippen LogP contribution in [0.25, 0.3) is 0 Å². The molecular weight excluding hydrogens is 386 g/mol. The van der Waals surface area contributed by atoms with E-state index in [0.717, 1.165) is 18.7 Å². The van der Waals surface area contributed by atoms with Crippen molar-refractivity contribution in [3.8, 4) is 0 Å². The Morgan fingerprint density at radius 2 is 1.88 bits per heavy atom. The average molecular weight is 404 g/mol. The van der Waals surface area contributed by atoms with Crippen molar-refractivity contribution in [2.24, 2.45) is 0 Å². The number of rotatable bonds is 8. The molecule has 4 rings (SSSR count). The Morgan fingerprint density at radius 1 is 1.15 bits per heavy atom. The fourth-order valence-electron chi connectivity index (χ4n) is 2.68. The number of carbonyl (C=O) groups is 1. The van der Waals surface area contributed by atoms with Gasteiger partial charge < -0.3 is 5.32 Å². The first-order valence-electron chi connectivity index (χ1n) is 8.60. The van der Waals surface area contributed by atoms with E-state index in [0.29, 0.717) is 41.8 Å². The minimum absolute atomic E-state index is 0.0214. The Labute approximate surface area is 165 Å². The van der Waals surface area contributed by atoms with Gasteiger partial charge in [0.15, 0.2) is 5.78 Å². The van der Waals surface area contributed by atoms with Gasteiger partial charge >= 0.3 is 0 Å². The largest absolute Gasteiger partial charge is 0.364 e. The lowest BCUT2D eigenvalue weighted by molar-refractivity contribution is 0.0978. The van der Waals surface area contributed by atoms with Crippen LogP contribution in [-0.2, 0) is 13.0 Å². The number of carbonyl (C=O) groups excluding carboxylic acids is 1. The maximum absolute atomic E-state index is 12.7. The summed E-state index contributed by atoms with van der Waals surface area (Å²) >= 11 is 9.84. The number of hydrogen-bond donors (Lipinski definition) is 1. The minimum Gasteiger partial charge on any atom is -0.364 e. The van der Waals surface area contributed by atoms with Crippen LogP contribution < -0.4 is 5.32 Å². The van der Waals surface area contributed by atoms with Gasteiger partial charge in [-0.1, -0.05) is 23.7 Å². The Balaban J connectivity index is 1.55. The van der Waals surface area contributed by atoms with E-state index in [1.165, 1.54) is 9.75 Å². The highest BCUT2D eigenvalue weighted by Crippen LogP contribution is 2.40. The van der Waals surface area contributed by atoms with Gasteiger partial charge in [-0.25, -0.2) is 9.97 Å². The lowest BCUT2D eigenvalue weighted by Gasteiger charge is -2.12. The van der Waals surface area contributed by atoms with Crippen LogP contribution in [-0.4, -0.2) is 15.8 Å². The molecule has 1 N–H and O–H groups in total. The second-order valence-electron chi connectivity index (χ2n) is 6.30. The highest BCUT2D eigenvalue weighted by Gasteiger charge is 2.29. The van der Waals surface area contributed by atoms with E-state index >= 15 is 0 Å². The Bertz CT molecular complexity index is 890. The van der Waals surface area contributed by atoms with Crippen LogP contribution in [0, 0.1) is 0 Å². The smallest absolute Gasteiger partial charge is 0.183 e. The Morgan fingerprint density at radius 3 is 2.54 bits per heavy atom. The molecule has 0 unspecified atom stereocenters. The molecule has 7 heteroatoms.